The average molecular weight is 724 g/mol. The molecule has 6 rings (SSSR count). The molecule has 0 aliphatic carbocycles. The summed E-state index contributed by atoms with van der Waals surface area (Å²) < 4.78 is 18.5. The molecule has 8 atom stereocenters. The lowest BCUT2D eigenvalue weighted by molar-refractivity contribution is -0.163. The van der Waals surface area contributed by atoms with Crippen LogP contribution in [0.15, 0.2) is 98.1 Å². The Balaban J connectivity index is 1.36. The van der Waals surface area contributed by atoms with Crippen LogP contribution in [-0.4, -0.2) is 90.4 Å². The molecule has 0 radical (unpaired) electrons. The largest absolute Gasteiger partial charge is 0.455 e. The Bertz CT molecular complexity index is 1830. The van der Waals surface area contributed by atoms with E-state index in [0.717, 1.165) is 10.8 Å². The number of amides is 3. The molecule has 2 bridgehead atoms. The zero-order valence-corrected chi connectivity index (χ0v) is 30.4. The van der Waals surface area contributed by atoms with Gasteiger partial charge in [-0.15, -0.1) is 13.2 Å². The van der Waals surface area contributed by atoms with E-state index < -0.39 is 59.6 Å². The van der Waals surface area contributed by atoms with E-state index in [1.54, 1.807) is 29.2 Å². The van der Waals surface area contributed by atoms with Gasteiger partial charge < -0.3 is 34.4 Å². The van der Waals surface area contributed by atoms with E-state index in [0.29, 0.717) is 36.9 Å². The number of likely N-dealkylation sites (tertiary alicyclic amines) is 1. The fraction of sp³-hybridized carbons (Fsp3) is 0.429. The van der Waals surface area contributed by atoms with Crippen molar-refractivity contribution in [3.05, 3.63) is 104 Å². The second kappa shape index (κ2) is 16.4. The number of aliphatic hydroxyl groups excluding tert-OH is 1. The van der Waals surface area contributed by atoms with Crippen LogP contribution in [0.25, 0.3) is 10.8 Å². The lowest BCUT2D eigenvalue weighted by Crippen LogP contribution is -2.59. The van der Waals surface area contributed by atoms with Crippen LogP contribution in [0.1, 0.15) is 50.7 Å². The minimum Gasteiger partial charge on any atom is -0.455 e. The molecule has 0 unspecified atom stereocenters. The molecule has 11 heteroatoms. The van der Waals surface area contributed by atoms with Crippen LogP contribution in [0, 0.1) is 11.8 Å². The van der Waals surface area contributed by atoms with Gasteiger partial charge in [-0.1, -0.05) is 79.7 Å². The Hall–Kier alpha value is -4.84. The summed E-state index contributed by atoms with van der Waals surface area (Å²) in [6, 6.07) is 20.1. The van der Waals surface area contributed by atoms with Gasteiger partial charge in [-0.05, 0) is 54.2 Å². The first kappa shape index (κ1) is 37.9. The van der Waals surface area contributed by atoms with Crippen LogP contribution in [0.3, 0.4) is 0 Å². The maximum atomic E-state index is 15.0. The smallest absolute Gasteiger partial charge is 0.313 e. The molecule has 3 amide bonds. The van der Waals surface area contributed by atoms with E-state index >= 15 is 4.79 Å². The Kier molecular flexibility index (Phi) is 11.8. The zero-order valence-electron chi connectivity index (χ0n) is 30.4. The number of hydrogen-bond acceptors (Lipinski definition) is 8. The number of anilines is 1. The van der Waals surface area contributed by atoms with Gasteiger partial charge in [-0.25, -0.2) is 0 Å². The molecular weight excluding hydrogens is 674 g/mol. The number of ether oxygens (including phenoxy) is 3. The van der Waals surface area contributed by atoms with Crippen molar-refractivity contribution in [2.24, 2.45) is 11.8 Å². The summed E-state index contributed by atoms with van der Waals surface area (Å²) >= 11 is 0. The number of benzene rings is 3. The number of carbonyl (C=O) groups is 4. The Morgan fingerprint density at radius 1 is 1.08 bits per heavy atom. The number of esters is 1. The van der Waals surface area contributed by atoms with E-state index in [9.17, 15) is 19.5 Å². The van der Waals surface area contributed by atoms with Gasteiger partial charge in [-0.3, -0.25) is 19.2 Å². The number of methoxy groups -OCH3 is 1. The first-order chi connectivity index (χ1) is 25.7. The van der Waals surface area contributed by atoms with Gasteiger partial charge in [0.05, 0.1) is 43.2 Å². The number of aliphatic hydroxyl groups is 1. The molecule has 3 aliphatic rings. The number of carbonyl (C=O) groups excluding carboxylic acids is 4. The maximum absolute atomic E-state index is 15.0. The highest BCUT2D eigenvalue weighted by molar-refractivity contribution is 6.05. The van der Waals surface area contributed by atoms with E-state index in [2.05, 4.69) is 18.5 Å². The van der Waals surface area contributed by atoms with Gasteiger partial charge in [0.25, 0.3) is 5.91 Å². The van der Waals surface area contributed by atoms with Gasteiger partial charge in [0.1, 0.15) is 17.7 Å². The summed E-state index contributed by atoms with van der Waals surface area (Å²) in [5, 5.41) is 15.5. The van der Waals surface area contributed by atoms with E-state index in [1.165, 1.54) is 12.0 Å². The van der Waals surface area contributed by atoms with Crippen molar-refractivity contribution < 1.29 is 38.5 Å². The van der Waals surface area contributed by atoms with Crippen molar-refractivity contribution in [1.29, 1.82) is 0 Å². The third-order valence-electron chi connectivity index (χ3n) is 10.9. The summed E-state index contributed by atoms with van der Waals surface area (Å²) in [4.78, 5) is 60.3. The minimum absolute atomic E-state index is 0.0521. The van der Waals surface area contributed by atoms with Crippen LogP contribution in [-0.2, 0) is 33.4 Å². The fourth-order valence-corrected chi connectivity index (χ4v) is 8.51. The second-order valence-electron chi connectivity index (χ2n) is 14.0. The van der Waals surface area contributed by atoms with Gasteiger partial charge in [0.2, 0.25) is 11.8 Å². The molecule has 2 N–H and O–H groups in total. The van der Waals surface area contributed by atoms with E-state index in [1.807, 2.05) is 67.6 Å². The molecule has 53 heavy (non-hydrogen) atoms. The van der Waals surface area contributed by atoms with Crippen molar-refractivity contribution in [1.82, 2.24) is 10.2 Å². The standard InChI is InChI=1S/C42H49N3O8/c1-5-8-18-34(47)43-32(26-51-4)37(28-15-10-9-11-16-28)52-41(50)35-33-21-22-42(53-33)36(35)39(48)45(30(7-3)25-46)38(42)40(49)44(23-6-2)31-20-19-27-14-12-13-17-29(27)24-31/h5-6,9-17,19-20,24,30,32-33,35-38,46H,1-2,7-8,18,21-23,25-26H2,3-4H3,(H,43,47)/t30-,32+,33-,35+,36+,37+,38-,42+/m0/s1. The second-order valence-corrected chi connectivity index (χ2v) is 14.0. The number of nitrogens with one attached hydrogen (secondary N) is 1. The predicted molar refractivity (Wildman–Crippen MR) is 201 cm³/mol. The number of allylic oxidation sites excluding steroid dienone is 1. The SMILES string of the molecule is C=CCCC(=O)N[C@H](COC)[C@H](OC(=O)[C@@H]1[C@@H]2CC[C@]3(O2)[C@H](C(=O)N(CC=C)c2ccc4ccccc4c2)N([C@@H](CC)CO)C(=O)[C@@H]13)c1ccccc1. The summed E-state index contributed by atoms with van der Waals surface area (Å²) in [6.07, 6.45) is 3.54. The maximum Gasteiger partial charge on any atom is 0.313 e. The average Bonchev–Trinajstić information content (AvgIpc) is 3.83. The Labute approximate surface area is 310 Å². The highest BCUT2D eigenvalue weighted by Gasteiger charge is 2.75. The molecule has 3 aromatic carbocycles. The van der Waals surface area contributed by atoms with Gasteiger partial charge in [-0.2, -0.15) is 0 Å². The molecule has 280 valence electrons. The first-order valence-corrected chi connectivity index (χ1v) is 18.4. The summed E-state index contributed by atoms with van der Waals surface area (Å²) in [5.41, 5.74) is -0.0552. The normalized spacial score (nSPS) is 24.7. The first-order valence-electron chi connectivity index (χ1n) is 18.4. The zero-order chi connectivity index (χ0) is 37.7. The highest BCUT2D eigenvalue weighted by Crippen LogP contribution is 2.59. The lowest BCUT2D eigenvalue weighted by atomic mass is 9.70. The fourth-order valence-electron chi connectivity index (χ4n) is 8.51. The molecule has 3 fully saturated rings. The molecule has 3 saturated heterocycles. The van der Waals surface area contributed by atoms with Crippen LogP contribution < -0.4 is 10.2 Å². The number of nitrogens with zero attached hydrogens (tertiary/aromatic N) is 2. The third-order valence-corrected chi connectivity index (χ3v) is 10.9. The monoisotopic (exact) mass is 723 g/mol. The van der Waals surface area contributed by atoms with Crippen LogP contribution in [0.2, 0.25) is 0 Å². The summed E-state index contributed by atoms with van der Waals surface area (Å²) in [6.45, 7) is 9.30. The van der Waals surface area contributed by atoms with Gasteiger partial charge in [0, 0.05) is 25.8 Å². The molecule has 3 aliphatic heterocycles. The number of rotatable bonds is 17. The van der Waals surface area contributed by atoms with Crippen LogP contribution >= 0.6 is 0 Å². The van der Waals surface area contributed by atoms with Crippen molar-refractivity contribution in [2.75, 3.05) is 31.8 Å². The summed E-state index contributed by atoms with van der Waals surface area (Å²) in [7, 11) is 1.50. The lowest BCUT2D eigenvalue weighted by Gasteiger charge is -2.39. The quantitative estimate of drug-likeness (QED) is 0.149. The Morgan fingerprint density at radius 3 is 2.49 bits per heavy atom. The minimum atomic E-state index is -1.32. The number of fused-ring (bicyclic) bond motifs is 2. The summed E-state index contributed by atoms with van der Waals surface area (Å²) in [5.74, 6) is -3.75. The van der Waals surface area contributed by atoms with Gasteiger partial charge in [0.15, 0.2) is 0 Å². The van der Waals surface area contributed by atoms with Crippen LogP contribution in [0.5, 0.6) is 0 Å². The van der Waals surface area contributed by atoms with Crippen molar-refractivity contribution in [3.8, 4) is 0 Å². The van der Waals surface area contributed by atoms with Crippen molar-refractivity contribution in [3.63, 3.8) is 0 Å². The van der Waals surface area contributed by atoms with E-state index in [4.69, 9.17) is 14.2 Å². The molecule has 0 saturated carbocycles. The predicted octanol–water partition coefficient (Wildman–Crippen LogP) is 4.89. The van der Waals surface area contributed by atoms with E-state index in [-0.39, 0.29) is 38.0 Å². The molecule has 0 aromatic heterocycles. The molecule has 11 nitrogen and oxygen atoms in total. The third kappa shape index (κ3) is 7.13. The highest BCUT2D eigenvalue weighted by atomic mass is 16.6. The van der Waals surface area contributed by atoms with Gasteiger partial charge >= 0.3 is 5.97 Å². The van der Waals surface area contributed by atoms with Crippen molar-refractivity contribution >= 4 is 40.2 Å². The number of hydrogen-bond donors (Lipinski definition) is 2. The topological polar surface area (TPSA) is 135 Å². The molecule has 1 spiro atoms. The van der Waals surface area contributed by atoms with Crippen LogP contribution in [0.4, 0.5) is 5.69 Å². The molecule has 3 heterocycles. The van der Waals surface area contributed by atoms with Crippen molar-refractivity contribution in [2.45, 2.75) is 75.0 Å². The molecular formula is C42H49N3O8. The Morgan fingerprint density at radius 2 is 1.81 bits per heavy atom. The molecule has 3 aromatic rings.